The predicted molar refractivity (Wildman–Crippen MR) is 82.5 cm³/mol. The molecule has 2 N–H and O–H groups in total. The molecule has 4 nitrogen and oxygen atoms in total. The van der Waals surface area contributed by atoms with Gasteiger partial charge in [0, 0.05) is 44.3 Å². The molecule has 1 fully saturated rings. The van der Waals surface area contributed by atoms with E-state index in [9.17, 15) is 4.79 Å². The molecule has 1 aromatic carbocycles. The highest BCUT2D eigenvalue weighted by Gasteiger charge is 2.22. The van der Waals surface area contributed by atoms with Crippen molar-refractivity contribution in [2.45, 2.75) is 32.7 Å². The number of para-hydroxylation sites is 1. The molecule has 0 bridgehead atoms. The summed E-state index contributed by atoms with van der Waals surface area (Å²) < 4.78 is 0. The number of piperazine rings is 1. The third-order valence-electron chi connectivity index (χ3n) is 4.06. The molecule has 1 aliphatic rings. The lowest BCUT2D eigenvalue weighted by atomic mass is 10.1. The molecule has 0 aromatic heterocycles. The van der Waals surface area contributed by atoms with E-state index in [0.29, 0.717) is 12.5 Å². The number of carbonyl (C=O) groups is 1. The van der Waals surface area contributed by atoms with Crippen LogP contribution in [0.5, 0.6) is 0 Å². The van der Waals surface area contributed by atoms with E-state index in [-0.39, 0.29) is 5.91 Å². The predicted octanol–water partition coefficient (Wildman–Crippen LogP) is 1.75. The Balaban J connectivity index is 1.80. The molecular weight excluding hydrogens is 250 g/mol. The Morgan fingerprint density at radius 3 is 2.45 bits per heavy atom. The fraction of sp³-hybridized carbons (Fsp3) is 0.562. The van der Waals surface area contributed by atoms with Crippen LogP contribution in [0.2, 0.25) is 0 Å². The van der Waals surface area contributed by atoms with Crippen LogP contribution in [0.3, 0.4) is 0 Å². The molecular formula is C16H25N3O. The molecule has 1 aliphatic heterocycles. The van der Waals surface area contributed by atoms with Crippen LogP contribution in [0.1, 0.15) is 25.8 Å². The van der Waals surface area contributed by atoms with Crippen molar-refractivity contribution < 1.29 is 4.79 Å². The average Bonchev–Trinajstić information content (AvgIpc) is 2.46. The first-order valence-corrected chi connectivity index (χ1v) is 7.43. The number of carbonyl (C=O) groups excluding carboxylic acids is 1. The number of benzene rings is 1. The number of aryl methyl sites for hydroxylation is 1. The first-order valence-electron chi connectivity index (χ1n) is 7.43. The lowest BCUT2D eigenvalue weighted by Crippen LogP contribution is -2.50. The van der Waals surface area contributed by atoms with Crippen LogP contribution < -0.4 is 5.73 Å². The Morgan fingerprint density at radius 2 is 1.85 bits per heavy atom. The van der Waals surface area contributed by atoms with Crippen molar-refractivity contribution in [1.29, 1.82) is 0 Å². The van der Waals surface area contributed by atoms with Crippen molar-refractivity contribution in [1.82, 2.24) is 9.80 Å². The molecule has 0 atom stereocenters. The Bertz CT molecular complexity index is 451. The quantitative estimate of drug-likeness (QED) is 0.852. The monoisotopic (exact) mass is 275 g/mol. The maximum Gasteiger partial charge on any atom is 0.222 e. The first-order chi connectivity index (χ1) is 9.58. The van der Waals surface area contributed by atoms with Crippen LogP contribution in [0.4, 0.5) is 5.69 Å². The fourth-order valence-corrected chi connectivity index (χ4v) is 2.65. The Morgan fingerprint density at radius 1 is 1.20 bits per heavy atom. The topological polar surface area (TPSA) is 49.6 Å². The highest BCUT2D eigenvalue weighted by Crippen LogP contribution is 2.14. The summed E-state index contributed by atoms with van der Waals surface area (Å²) >= 11 is 0. The molecule has 110 valence electrons. The van der Waals surface area contributed by atoms with Crippen molar-refractivity contribution in [3.05, 3.63) is 29.8 Å². The second kappa shape index (κ2) is 6.75. The van der Waals surface area contributed by atoms with Gasteiger partial charge in [0.1, 0.15) is 0 Å². The maximum atomic E-state index is 12.2. The highest BCUT2D eigenvalue weighted by atomic mass is 16.2. The largest absolute Gasteiger partial charge is 0.399 e. The molecule has 2 rings (SSSR count). The summed E-state index contributed by atoms with van der Waals surface area (Å²) in [5.41, 5.74) is 7.76. The molecule has 1 aromatic rings. The van der Waals surface area contributed by atoms with E-state index in [2.05, 4.69) is 18.7 Å². The van der Waals surface area contributed by atoms with E-state index in [0.717, 1.165) is 43.9 Å². The second-order valence-electron chi connectivity index (χ2n) is 5.71. The third kappa shape index (κ3) is 3.73. The lowest BCUT2D eigenvalue weighted by Gasteiger charge is -2.37. The number of nitrogens with two attached hydrogens (primary N) is 1. The number of anilines is 1. The average molecular weight is 275 g/mol. The van der Waals surface area contributed by atoms with E-state index in [1.165, 1.54) is 0 Å². The summed E-state index contributed by atoms with van der Waals surface area (Å²) in [5, 5.41) is 0. The van der Waals surface area contributed by atoms with Crippen LogP contribution in [0, 0.1) is 0 Å². The Hall–Kier alpha value is -1.55. The van der Waals surface area contributed by atoms with Gasteiger partial charge in [-0.3, -0.25) is 9.69 Å². The van der Waals surface area contributed by atoms with Crippen LogP contribution in [-0.4, -0.2) is 47.9 Å². The van der Waals surface area contributed by atoms with E-state index < -0.39 is 0 Å². The molecule has 1 amide bonds. The molecule has 0 spiro atoms. The van der Waals surface area contributed by atoms with Crippen LogP contribution in [-0.2, 0) is 11.2 Å². The normalized spacial score (nSPS) is 16.6. The minimum absolute atomic E-state index is 0.247. The molecule has 1 saturated heterocycles. The molecule has 0 unspecified atom stereocenters. The van der Waals surface area contributed by atoms with E-state index in [4.69, 9.17) is 5.73 Å². The zero-order chi connectivity index (χ0) is 14.5. The SMILES string of the molecule is CC(C)N1CCN(C(=O)CCc2ccccc2N)CC1. The third-order valence-corrected chi connectivity index (χ3v) is 4.06. The van der Waals surface area contributed by atoms with Crippen LogP contribution in [0.15, 0.2) is 24.3 Å². The molecule has 0 radical (unpaired) electrons. The van der Waals surface area contributed by atoms with Crippen molar-refractivity contribution in [3.8, 4) is 0 Å². The Labute approximate surface area is 121 Å². The number of amides is 1. The molecule has 1 heterocycles. The number of hydrogen-bond donors (Lipinski definition) is 1. The summed E-state index contributed by atoms with van der Waals surface area (Å²) in [5.74, 6) is 0.247. The minimum atomic E-state index is 0.247. The summed E-state index contributed by atoms with van der Waals surface area (Å²) in [7, 11) is 0. The Kier molecular flexibility index (Phi) is 5.01. The number of hydrogen-bond acceptors (Lipinski definition) is 3. The molecule has 20 heavy (non-hydrogen) atoms. The van der Waals surface area contributed by atoms with Crippen LogP contribution >= 0.6 is 0 Å². The summed E-state index contributed by atoms with van der Waals surface area (Å²) in [6.07, 6.45) is 1.28. The van der Waals surface area contributed by atoms with Gasteiger partial charge in [0.05, 0.1) is 0 Å². The van der Waals surface area contributed by atoms with Gasteiger partial charge in [0.25, 0.3) is 0 Å². The summed E-state index contributed by atoms with van der Waals surface area (Å²) in [4.78, 5) is 16.6. The lowest BCUT2D eigenvalue weighted by molar-refractivity contribution is -0.133. The van der Waals surface area contributed by atoms with Gasteiger partial charge < -0.3 is 10.6 Å². The van der Waals surface area contributed by atoms with Crippen molar-refractivity contribution in [3.63, 3.8) is 0 Å². The van der Waals surface area contributed by atoms with Gasteiger partial charge >= 0.3 is 0 Å². The molecule has 4 heteroatoms. The molecule has 0 saturated carbocycles. The second-order valence-corrected chi connectivity index (χ2v) is 5.71. The minimum Gasteiger partial charge on any atom is -0.399 e. The van der Waals surface area contributed by atoms with Gasteiger partial charge in [0.15, 0.2) is 0 Å². The number of nitrogen functional groups attached to an aromatic ring is 1. The first kappa shape index (κ1) is 14.9. The van der Waals surface area contributed by atoms with Gasteiger partial charge in [-0.1, -0.05) is 18.2 Å². The van der Waals surface area contributed by atoms with E-state index in [1.54, 1.807) is 0 Å². The number of nitrogens with zero attached hydrogens (tertiary/aromatic N) is 2. The zero-order valence-electron chi connectivity index (χ0n) is 12.5. The van der Waals surface area contributed by atoms with Gasteiger partial charge in [-0.05, 0) is 31.9 Å². The smallest absolute Gasteiger partial charge is 0.222 e. The highest BCUT2D eigenvalue weighted by molar-refractivity contribution is 5.76. The van der Waals surface area contributed by atoms with Gasteiger partial charge in [-0.25, -0.2) is 0 Å². The van der Waals surface area contributed by atoms with E-state index >= 15 is 0 Å². The van der Waals surface area contributed by atoms with Gasteiger partial charge in [-0.2, -0.15) is 0 Å². The van der Waals surface area contributed by atoms with Crippen LogP contribution in [0.25, 0.3) is 0 Å². The summed E-state index contributed by atoms with van der Waals surface area (Å²) in [6, 6.07) is 8.35. The van der Waals surface area contributed by atoms with Crippen molar-refractivity contribution >= 4 is 11.6 Å². The fourth-order valence-electron chi connectivity index (χ4n) is 2.65. The maximum absolute atomic E-state index is 12.2. The number of rotatable bonds is 4. The zero-order valence-corrected chi connectivity index (χ0v) is 12.5. The van der Waals surface area contributed by atoms with Crippen molar-refractivity contribution in [2.24, 2.45) is 0 Å². The standard InChI is InChI=1S/C16H25N3O/c1-13(2)18-9-11-19(12-10-18)16(20)8-7-14-5-3-4-6-15(14)17/h3-6,13H,7-12,17H2,1-2H3. The molecule has 0 aliphatic carbocycles. The van der Waals surface area contributed by atoms with Gasteiger partial charge in [-0.15, -0.1) is 0 Å². The van der Waals surface area contributed by atoms with Crippen molar-refractivity contribution in [2.75, 3.05) is 31.9 Å². The van der Waals surface area contributed by atoms with Gasteiger partial charge in [0.2, 0.25) is 5.91 Å². The summed E-state index contributed by atoms with van der Waals surface area (Å²) in [6.45, 7) is 8.07. The van der Waals surface area contributed by atoms with E-state index in [1.807, 2.05) is 29.2 Å².